The van der Waals surface area contributed by atoms with Crippen molar-refractivity contribution >= 4 is 16.5 Å². The Labute approximate surface area is 195 Å². The molecule has 2 heteroatoms. The number of nitrogen functional groups attached to an aromatic ring is 1. The van der Waals surface area contributed by atoms with Gasteiger partial charge >= 0.3 is 0 Å². The predicted octanol–water partition coefficient (Wildman–Crippen LogP) is 7.28. The zero-order chi connectivity index (χ0) is 22.6. The second-order valence-corrected chi connectivity index (χ2v) is 8.54. The van der Waals surface area contributed by atoms with Crippen LogP contribution in [-0.4, -0.2) is 0 Å². The van der Waals surface area contributed by atoms with Gasteiger partial charge in [0.2, 0.25) is 0 Å². The molecule has 0 aliphatic rings. The van der Waals surface area contributed by atoms with Crippen molar-refractivity contribution < 1.29 is 0 Å². The van der Waals surface area contributed by atoms with E-state index in [9.17, 15) is 0 Å². The quantitative estimate of drug-likeness (QED) is 0.279. The Balaban J connectivity index is 1.62. The Morgan fingerprint density at radius 3 is 2.06 bits per heavy atom. The SMILES string of the molecule is Cc1ccc(CNC(c2ccccc2N)c2ccc(-c3ccccc3)c3ccccc23)cc1. The van der Waals surface area contributed by atoms with Crippen molar-refractivity contribution in [1.82, 2.24) is 5.32 Å². The zero-order valence-corrected chi connectivity index (χ0v) is 18.8. The predicted molar refractivity (Wildman–Crippen MR) is 140 cm³/mol. The first-order valence-corrected chi connectivity index (χ1v) is 11.4. The van der Waals surface area contributed by atoms with Crippen molar-refractivity contribution in [2.45, 2.75) is 19.5 Å². The average Bonchev–Trinajstić information content (AvgIpc) is 2.86. The molecular weight excluding hydrogens is 400 g/mol. The van der Waals surface area contributed by atoms with Crippen molar-refractivity contribution in [3.8, 4) is 11.1 Å². The van der Waals surface area contributed by atoms with Crippen LogP contribution in [0.3, 0.4) is 0 Å². The standard InChI is InChI=1S/C31H28N2/c1-22-15-17-23(18-16-22)21-33-31(29-13-7-8-14-30(29)32)28-20-19-25(24-9-3-2-4-10-24)26-11-5-6-12-27(26)28/h2-20,31,33H,21,32H2,1H3. The molecule has 162 valence electrons. The van der Waals surface area contributed by atoms with Crippen LogP contribution < -0.4 is 11.1 Å². The largest absolute Gasteiger partial charge is 0.398 e. The molecule has 0 saturated carbocycles. The minimum absolute atomic E-state index is 0.0257. The monoisotopic (exact) mass is 428 g/mol. The number of para-hydroxylation sites is 1. The first kappa shape index (κ1) is 21.0. The molecule has 0 spiro atoms. The average molecular weight is 429 g/mol. The van der Waals surface area contributed by atoms with Crippen LogP contribution in [0.25, 0.3) is 21.9 Å². The fourth-order valence-electron chi connectivity index (χ4n) is 4.53. The molecule has 2 nitrogen and oxygen atoms in total. The molecule has 0 amide bonds. The Hall–Kier alpha value is -3.88. The maximum Gasteiger partial charge on any atom is 0.0605 e. The first-order valence-electron chi connectivity index (χ1n) is 11.4. The second-order valence-electron chi connectivity index (χ2n) is 8.54. The van der Waals surface area contributed by atoms with Crippen LogP contribution in [0.15, 0.2) is 115 Å². The number of hydrogen-bond acceptors (Lipinski definition) is 2. The lowest BCUT2D eigenvalue weighted by molar-refractivity contribution is 0.610. The molecule has 0 heterocycles. The molecule has 0 bridgehead atoms. The van der Waals surface area contributed by atoms with Gasteiger partial charge in [0.15, 0.2) is 0 Å². The second kappa shape index (κ2) is 9.32. The summed E-state index contributed by atoms with van der Waals surface area (Å²) in [5.74, 6) is 0. The van der Waals surface area contributed by atoms with Crippen molar-refractivity contribution in [2.24, 2.45) is 0 Å². The van der Waals surface area contributed by atoms with Gasteiger partial charge in [0.1, 0.15) is 0 Å². The molecule has 0 radical (unpaired) electrons. The summed E-state index contributed by atoms with van der Waals surface area (Å²) in [4.78, 5) is 0. The van der Waals surface area contributed by atoms with Crippen LogP contribution in [0, 0.1) is 6.92 Å². The molecule has 5 aromatic carbocycles. The molecule has 33 heavy (non-hydrogen) atoms. The van der Waals surface area contributed by atoms with Crippen molar-refractivity contribution in [3.05, 3.63) is 138 Å². The van der Waals surface area contributed by atoms with Gasteiger partial charge in [-0.1, -0.05) is 115 Å². The Morgan fingerprint density at radius 1 is 0.636 bits per heavy atom. The summed E-state index contributed by atoms with van der Waals surface area (Å²) in [7, 11) is 0. The number of benzene rings is 5. The Kier molecular flexibility index (Phi) is 5.93. The summed E-state index contributed by atoms with van der Waals surface area (Å²) in [5, 5.41) is 6.29. The highest BCUT2D eigenvalue weighted by atomic mass is 14.9. The maximum absolute atomic E-state index is 6.47. The lowest BCUT2D eigenvalue weighted by atomic mass is 9.89. The fourth-order valence-corrected chi connectivity index (χ4v) is 4.53. The van der Waals surface area contributed by atoms with Crippen LogP contribution in [0.1, 0.15) is 28.3 Å². The Morgan fingerprint density at radius 2 is 1.30 bits per heavy atom. The van der Waals surface area contributed by atoms with Crippen LogP contribution >= 0.6 is 0 Å². The van der Waals surface area contributed by atoms with Gasteiger partial charge in [0.25, 0.3) is 0 Å². The third-order valence-corrected chi connectivity index (χ3v) is 6.29. The van der Waals surface area contributed by atoms with E-state index in [4.69, 9.17) is 5.73 Å². The molecular formula is C31H28N2. The van der Waals surface area contributed by atoms with Gasteiger partial charge in [-0.05, 0) is 51.6 Å². The number of hydrogen-bond donors (Lipinski definition) is 2. The number of anilines is 1. The minimum atomic E-state index is -0.0257. The van der Waals surface area contributed by atoms with Crippen LogP contribution in [0.5, 0.6) is 0 Å². The van der Waals surface area contributed by atoms with Crippen LogP contribution in [0.2, 0.25) is 0 Å². The summed E-state index contributed by atoms with van der Waals surface area (Å²) < 4.78 is 0. The highest BCUT2D eigenvalue weighted by Crippen LogP contribution is 2.36. The number of aryl methyl sites for hydroxylation is 1. The molecule has 0 aliphatic heterocycles. The van der Waals surface area contributed by atoms with E-state index in [1.54, 1.807) is 0 Å². The molecule has 0 saturated heterocycles. The summed E-state index contributed by atoms with van der Waals surface area (Å²) in [6.45, 7) is 2.87. The Bertz CT molecular complexity index is 1370. The van der Waals surface area contributed by atoms with Gasteiger partial charge in [0.05, 0.1) is 6.04 Å². The molecule has 5 aromatic rings. The lowest BCUT2D eigenvalue weighted by Crippen LogP contribution is -2.23. The van der Waals surface area contributed by atoms with Crippen LogP contribution in [-0.2, 0) is 6.54 Å². The topological polar surface area (TPSA) is 38.0 Å². The zero-order valence-electron chi connectivity index (χ0n) is 18.8. The van der Waals surface area contributed by atoms with E-state index < -0.39 is 0 Å². The highest BCUT2D eigenvalue weighted by Gasteiger charge is 2.20. The first-order chi connectivity index (χ1) is 16.2. The van der Waals surface area contributed by atoms with Crippen molar-refractivity contribution in [1.29, 1.82) is 0 Å². The summed E-state index contributed by atoms with van der Waals surface area (Å²) in [5.41, 5.74) is 14.6. The van der Waals surface area contributed by atoms with Gasteiger partial charge in [-0.3, -0.25) is 0 Å². The summed E-state index contributed by atoms with van der Waals surface area (Å²) in [6, 6.07) is 40.6. The smallest absolute Gasteiger partial charge is 0.0605 e. The lowest BCUT2D eigenvalue weighted by Gasteiger charge is -2.24. The molecule has 1 atom stereocenters. The van der Waals surface area contributed by atoms with Gasteiger partial charge in [-0.2, -0.15) is 0 Å². The van der Waals surface area contributed by atoms with E-state index in [0.717, 1.165) is 17.8 Å². The third-order valence-electron chi connectivity index (χ3n) is 6.29. The van der Waals surface area contributed by atoms with E-state index in [1.165, 1.54) is 38.6 Å². The molecule has 1 unspecified atom stereocenters. The van der Waals surface area contributed by atoms with Gasteiger partial charge in [-0.25, -0.2) is 0 Å². The highest BCUT2D eigenvalue weighted by molar-refractivity contribution is 5.99. The van der Waals surface area contributed by atoms with E-state index in [2.05, 4.69) is 115 Å². The number of nitrogens with two attached hydrogens (primary N) is 1. The van der Waals surface area contributed by atoms with Gasteiger partial charge in [-0.15, -0.1) is 0 Å². The molecule has 0 fully saturated rings. The van der Waals surface area contributed by atoms with E-state index >= 15 is 0 Å². The van der Waals surface area contributed by atoms with Crippen LogP contribution in [0.4, 0.5) is 5.69 Å². The minimum Gasteiger partial charge on any atom is -0.398 e. The normalized spacial score (nSPS) is 12.0. The molecule has 0 aromatic heterocycles. The molecule has 3 N–H and O–H groups in total. The molecule has 5 rings (SSSR count). The van der Waals surface area contributed by atoms with Gasteiger partial charge < -0.3 is 11.1 Å². The number of fused-ring (bicyclic) bond motifs is 1. The van der Waals surface area contributed by atoms with E-state index in [1.807, 2.05) is 12.1 Å². The van der Waals surface area contributed by atoms with Crippen molar-refractivity contribution in [2.75, 3.05) is 5.73 Å². The number of rotatable bonds is 6. The third kappa shape index (κ3) is 4.39. The fraction of sp³-hybridized carbons (Fsp3) is 0.0968. The molecule has 0 aliphatic carbocycles. The van der Waals surface area contributed by atoms with Gasteiger partial charge in [0, 0.05) is 12.2 Å². The van der Waals surface area contributed by atoms with E-state index in [0.29, 0.717) is 0 Å². The summed E-state index contributed by atoms with van der Waals surface area (Å²) in [6.07, 6.45) is 0. The number of nitrogens with one attached hydrogen (secondary N) is 1. The summed E-state index contributed by atoms with van der Waals surface area (Å²) >= 11 is 0. The maximum atomic E-state index is 6.47. The van der Waals surface area contributed by atoms with Crippen molar-refractivity contribution in [3.63, 3.8) is 0 Å². The van der Waals surface area contributed by atoms with E-state index in [-0.39, 0.29) is 6.04 Å².